The molecule has 3 aromatic rings. The second kappa shape index (κ2) is 7.10. The van der Waals surface area contributed by atoms with Crippen molar-refractivity contribution >= 4 is 22.8 Å². The van der Waals surface area contributed by atoms with E-state index < -0.39 is 11.1 Å². The maximum absolute atomic E-state index is 12.9. The lowest BCUT2D eigenvalue weighted by Crippen LogP contribution is -2.36. The first-order valence-electron chi connectivity index (χ1n) is 8.45. The van der Waals surface area contributed by atoms with Crippen LogP contribution in [0.5, 0.6) is 0 Å². The third kappa shape index (κ3) is 3.78. The second-order valence-electron chi connectivity index (χ2n) is 6.35. The summed E-state index contributed by atoms with van der Waals surface area (Å²) in [4.78, 5) is 4.02. The number of halogens is 3. The molecular formula is C17H17F3N4O2S. The van der Waals surface area contributed by atoms with Crippen molar-refractivity contribution in [2.45, 2.75) is 31.2 Å². The third-order valence-electron chi connectivity index (χ3n) is 4.43. The number of hydrogen-bond acceptors (Lipinski definition) is 6. The highest BCUT2D eigenvalue weighted by atomic mass is 32.1. The molecule has 1 saturated heterocycles. The Morgan fingerprint density at radius 2 is 2.11 bits per heavy atom. The van der Waals surface area contributed by atoms with Gasteiger partial charge in [-0.1, -0.05) is 0 Å². The van der Waals surface area contributed by atoms with Gasteiger partial charge in [0.25, 0.3) is 0 Å². The molecule has 27 heavy (non-hydrogen) atoms. The molecular weight excluding hydrogens is 381 g/mol. The maximum atomic E-state index is 12.9. The minimum Gasteiger partial charge on any atom is -0.394 e. The van der Waals surface area contributed by atoms with Crippen LogP contribution in [0.3, 0.4) is 0 Å². The van der Waals surface area contributed by atoms with Crippen LogP contribution in [0.2, 0.25) is 0 Å². The summed E-state index contributed by atoms with van der Waals surface area (Å²) in [6.07, 6.45) is -1.38. The molecule has 0 spiro atoms. The monoisotopic (exact) mass is 398 g/mol. The smallest absolute Gasteiger partial charge is 0.394 e. The summed E-state index contributed by atoms with van der Waals surface area (Å²) in [6, 6.07) is 6.10. The molecule has 0 unspecified atom stereocenters. The summed E-state index contributed by atoms with van der Waals surface area (Å²) in [5, 5.41) is 16.9. The molecule has 4 rings (SSSR count). The Balaban J connectivity index is 1.57. The second-order valence-corrected chi connectivity index (χ2v) is 7.43. The van der Waals surface area contributed by atoms with E-state index in [4.69, 9.17) is 9.84 Å². The standard InChI is InChI=1S/C17H17F3N4O2S/c18-17(19,20)14-4-3-13(27-14)12-7-21-16-6-5-15(23-24(12)16)22-10-1-2-11(8-25)26-9-10/h3-7,10-11,25H,1-2,8-9H2,(H,22,23)/t10-,11+/m1/s1. The number of nitrogens with zero attached hydrogens (tertiary/aromatic N) is 3. The van der Waals surface area contributed by atoms with Gasteiger partial charge in [0.15, 0.2) is 5.65 Å². The molecule has 0 aliphatic carbocycles. The lowest BCUT2D eigenvalue weighted by Gasteiger charge is -2.28. The van der Waals surface area contributed by atoms with Gasteiger partial charge >= 0.3 is 6.18 Å². The average molecular weight is 398 g/mol. The molecule has 0 amide bonds. The number of aliphatic hydroxyl groups excluding tert-OH is 1. The van der Waals surface area contributed by atoms with Crippen LogP contribution in [0.15, 0.2) is 30.5 Å². The Kier molecular flexibility index (Phi) is 4.79. The third-order valence-corrected chi connectivity index (χ3v) is 5.58. The molecule has 0 bridgehead atoms. The minimum atomic E-state index is -4.36. The van der Waals surface area contributed by atoms with E-state index in [2.05, 4.69) is 15.4 Å². The molecule has 4 heterocycles. The molecule has 2 N–H and O–H groups in total. The summed E-state index contributed by atoms with van der Waals surface area (Å²) in [7, 11) is 0. The molecule has 6 nitrogen and oxygen atoms in total. The highest BCUT2D eigenvalue weighted by Crippen LogP contribution is 2.38. The highest BCUT2D eigenvalue weighted by molar-refractivity contribution is 7.15. The normalized spacial score (nSPS) is 20.9. The predicted octanol–water partition coefficient (Wildman–Crippen LogP) is 3.43. The maximum Gasteiger partial charge on any atom is 0.425 e. The van der Waals surface area contributed by atoms with Gasteiger partial charge in [0.05, 0.1) is 36.4 Å². The number of alkyl halides is 3. The summed E-state index contributed by atoms with van der Waals surface area (Å²) >= 11 is 0.667. The number of nitrogens with one attached hydrogen (secondary N) is 1. The molecule has 3 aromatic heterocycles. The van der Waals surface area contributed by atoms with Gasteiger partial charge in [-0.25, -0.2) is 9.50 Å². The number of rotatable bonds is 4. The minimum absolute atomic E-state index is 0.00997. The number of anilines is 1. The van der Waals surface area contributed by atoms with Crippen LogP contribution in [0.25, 0.3) is 16.2 Å². The number of fused-ring (bicyclic) bond motifs is 1. The number of aliphatic hydroxyl groups is 1. The van der Waals surface area contributed by atoms with Gasteiger partial charge < -0.3 is 15.2 Å². The fraction of sp³-hybridized carbons (Fsp3) is 0.412. The average Bonchev–Trinajstić information content (AvgIpc) is 3.28. The number of thiophene rings is 1. The lowest BCUT2D eigenvalue weighted by atomic mass is 10.1. The van der Waals surface area contributed by atoms with E-state index in [0.717, 1.165) is 18.9 Å². The Morgan fingerprint density at radius 1 is 1.26 bits per heavy atom. The van der Waals surface area contributed by atoms with Crippen molar-refractivity contribution in [3.05, 3.63) is 35.3 Å². The van der Waals surface area contributed by atoms with Crippen LogP contribution in [0, 0.1) is 0 Å². The topological polar surface area (TPSA) is 71.7 Å². The Morgan fingerprint density at radius 3 is 2.78 bits per heavy atom. The molecule has 2 atom stereocenters. The van der Waals surface area contributed by atoms with E-state index in [1.807, 2.05) is 0 Å². The van der Waals surface area contributed by atoms with Crippen LogP contribution >= 0.6 is 11.3 Å². The fourth-order valence-corrected chi connectivity index (χ4v) is 3.89. The van der Waals surface area contributed by atoms with Gasteiger partial charge in [-0.15, -0.1) is 16.4 Å². The van der Waals surface area contributed by atoms with Crippen molar-refractivity contribution in [3.8, 4) is 10.6 Å². The van der Waals surface area contributed by atoms with Gasteiger partial charge in [-0.3, -0.25) is 0 Å². The summed E-state index contributed by atoms with van der Waals surface area (Å²) < 4.78 is 45.7. The van der Waals surface area contributed by atoms with E-state index in [-0.39, 0.29) is 18.8 Å². The SMILES string of the molecule is OC[C@@H]1CC[C@@H](Nc2ccc3ncc(-c4ccc(C(F)(F)F)s4)n3n2)CO1. The number of hydrogen-bond donors (Lipinski definition) is 2. The van der Waals surface area contributed by atoms with Gasteiger partial charge in [0.1, 0.15) is 16.4 Å². The van der Waals surface area contributed by atoms with Gasteiger partial charge in [0, 0.05) is 0 Å². The lowest BCUT2D eigenvalue weighted by molar-refractivity contribution is -0.134. The summed E-state index contributed by atoms with van der Waals surface area (Å²) in [5.41, 5.74) is 1.06. The zero-order chi connectivity index (χ0) is 19.0. The quantitative estimate of drug-likeness (QED) is 0.705. The van der Waals surface area contributed by atoms with Crippen LogP contribution in [0.1, 0.15) is 17.7 Å². The van der Waals surface area contributed by atoms with E-state index in [9.17, 15) is 13.2 Å². The first-order valence-corrected chi connectivity index (χ1v) is 9.27. The van der Waals surface area contributed by atoms with Crippen molar-refractivity contribution in [3.63, 3.8) is 0 Å². The van der Waals surface area contributed by atoms with Crippen LogP contribution < -0.4 is 5.32 Å². The Hall–Kier alpha value is -2.17. The summed E-state index contributed by atoms with van der Waals surface area (Å²) in [6.45, 7) is 0.470. The molecule has 1 aliphatic heterocycles. The zero-order valence-corrected chi connectivity index (χ0v) is 14.9. The molecule has 10 heteroatoms. The first-order chi connectivity index (χ1) is 12.9. The number of ether oxygens (including phenoxy) is 1. The molecule has 144 valence electrons. The number of imidazole rings is 1. The van der Waals surface area contributed by atoms with Crippen molar-refractivity contribution in [1.82, 2.24) is 14.6 Å². The van der Waals surface area contributed by atoms with E-state index in [1.165, 1.54) is 16.8 Å². The van der Waals surface area contributed by atoms with Gasteiger partial charge in [-0.05, 0) is 37.1 Å². The molecule has 0 aromatic carbocycles. The Labute approximate surface area is 156 Å². The van der Waals surface area contributed by atoms with Crippen molar-refractivity contribution in [2.24, 2.45) is 0 Å². The zero-order valence-electron chi connectivity index (χ0n) is 14.1. The molecule has 0 saturated carbocycles. The number of aromatic nitrogens is 3. The largest absolute Gasteiger partial charge is 0.425 e. The van der Waals surface area contributed by atoms with E-state index in [1.54, 1.807) is 12.1 Å². The fourth-order valence-electron chi connectivity index (χ4n) is 3.02. The first kappa shape index (κ1) is 18.2. The molecule has 1 aliphatic rings. The van der Waals surface area contributed by atoms with E-state index in [0.29, 0.717) is 40.0 Å². The van der Waals surface area contributed by atoms with Crippen molar-refractivity contribution in [2.75, 3.05) is 18.5 Å². The van der Waals surface area contributed by atoms with Crippen LogP contribution in [0.4, 0.5) is 19.0 Å². The van der Waals surface area contributed by atoms with Gasteiger partial charge in [-0.2, -0.15) is 13.2 Å². The molecule has 0 radical (unpaired) electrons. The predicted molar refractivity (Wildman–Crippen MR) is 94.8 cm³/mol. The summed E-state index contributed by atoms with van der Waals surface area (Å²) in [5.74, 6) is 0.588. The highest BCUT2D eigenvalue weighted by Gasteiger charge is 2.32. The van der Waals surface area contributed by atoms with Gasteiger partial charge in [0.2, 0.25) is 0 Å². The van der Waals surface area contributed by atoms with Crippen LogP contribution in [-0.2, 0) is 10.9 Å². The van der Waals surface area contributed by atoms with Crippen LogP contribution in [-0.4, -0.2) is 45.1 Å². The van der Waals surface area contributed by atoms with Crippen molar-refractivity contribution < 1.29 is 23.0 Å². The molecule has 1 fully saturated rings. The van der Waals surface area contributed by atoms with E-state index >= 15 is 0 Å². The Bertz CT molecular complexity index is 932. The van der Waals surface area contributed by atoms with Crippen molar-refractivity contribution in [1.29, 1.82) is 0 Å².